The second kappa shape index (κ2) is 7.60. The van der Waals surface area contributed by atoms with Crippen molar-refractivity contribution in [3.63, 3.8) is 0 Å². The first-order valence-corrected chi connectivity index (χ1v) is 6.08. The van der Waals surface area contributed by atoms with E-state index >= 15 is 0 Å². The summed E-state index contributed by atoms with van der Waals surface area (Å²) in [5.41, 5.74) is 0.777. The molecule has 2 aromatic carbocycles. The topological polar surface area (TPSA) is 52.5 Å². The summed E-state index contributed by atoms with van der Waals surface area (Å²) in [5.74, 6) is -1.08. The predicted octanol–water partition coefficient (Wildman–Crippen LogP) is -0.600. The third-order valence-electron chi connectivity index (χ3n) is 2.33. The molecule has 0 bridgehead atoms. The molecule has 0 atom stereocenters. The quantitative estimate of drug-likeness (QED) is 0.420. The number of halogens is 1. The fourth-order valence-corrected chi connectivity index (χ4v) is 1.89. The van der Waals surface area contributed by atoms with Gasteiger partial charge in [0.2, 0.25) is 0 Å². The Labute approximate surface area is 141 Å². The summed E-state index contributed by atoms with van der Waals surface area (Å²) in [4.78, 5) is 15.4. The molecule has 0 spiro atoms. The van der Waals surface area contributed by atoms with E-state index in [0.717, 1.165) is 0 Å². The fourth-order valence-electron chi connectivity index (χ4n) is 1.43. The number of hydrogen-bond acceptors (Lipinski definition) is 2. The number of benzene rings is 2. The van der Waals surface area contributed by atoms with Gasteiger partial charge in [-0.25, -0.2) is 4.99 Å². The molecule has 3 nitrogen and oxygen atoms in total. The van der Waals surface area contributed by atoms with E-state index in [1.54, 1.807) is 54.6 Å². The zero-order chi connectivity index (χ0) is 13.0. The van der Waals surface area contributed by atoms with Gasteiger partial charge in [-0.2, -0.15) is 0 Å². The van der Waals surface area contributed by atoms with E-state index in [0.29, 0.717) is 15.6 Å². The molecule has 5 heteroatoms. The van der Waals surface area contributed by atoms with Crippen LogP contribution in [-0.4, -0.2) is 11.8 Å². The fraction of sp³-hybridized carbons (Fsp3) is 0. The number of carbonyl (C=O) groups excluding carboxylic acids is 1. The molecular formula is C14H9BrNNaO2. The Balaban J connectivity index is 0.00000180. The van der Waals surface area contributed by atoms with Gasteiger partial charge in [0.25, 0.3) is 5.91 Å². The van der Waals surface area contributed by atoms with Crippen LogP contribution in [0.5, 0.6) is 0 Å². The van der Waals surface area contributed by atoms with Crippen molar-refractivity contribution in [3.8, 4) is 0 Å². The van der Waals surface area contributed by atoms with Gasteiger partial charge < -0.3 is 5.11 Å². The maximum absolute atomic E-state index is 11.8. The van der Waals surface area contributed by atoms with E-state index in [-0.39, 0.29) is 29.6 Å². The number of aliphatic imine (C=N–C) groups is 1. The van der Waals surface area contributed by atoms with Crippen LogP contribution < -0.4 is 34.7 Å². The number of nitrogens with zero attached hydrogens (tertiary/aromatic N) is 1. The maximum Gasteiger partial charge on any atom is 1.00 e. The molecule has 0 fully saturated rings. The second-order valence-electron chi connectivity index (χ2n) is 3.57. The van der Waals surface area contributed by atoms with Crippen molar-refractivity contribution in [2.24, 2.45) is 4.99 Å². The molecule has 0 aliphatic rings. The van der Waals surface area contributed by atoms with Crippen LogP contribution in [0.25, 0.3) is 0 Å². The van der Waals surface area contributed by atoms with Gasteiger partial charge >= 0.3 is 29.6 Å². The Morgan fingerprint density at radius 1 is 1.00 bits per heavy atom. The van der Waals surface area contributed by atoms with Crippen molar-refractivity contribution in [3.05, 3.63) is 70.2 Å². The molecule has 19 heavy (non-hydrogen) atoms. The Morgan fingerprint density at radius 2 is 1.58 bits per heavy atom. The van der Waals surface area contributed by atoms with Gasteiger partial charge in [-0.15, -0.1) is 0 Å². The van der Waals surface area contributed by atoms with Crippen molar-refractivity contribution >= 4 is 27.7 Å². The van der Waals surface area contributed by atoms with E-state index in [1.807, 2.05) is 0 Å². The molecular weight excluding hydrogens is 317 g/mol. The van der Waals surface area contributed by atoms with Gasteiger partial charge in [-0.3, -0.25) is 4.79 Å². The first kappa shape index (κ1) is 16.1. The van der Waals surface area contributed by atoms with Crippen LogP contribution >= 0.6 is 15.9 Å². The van der Waals surface area contributed by atoms with Gasteiger partial charge in [0.05, 0.1) is 5.56 Å². The van der Waals surface area contributed by atoms with Crippen molar-refractivity contribution in [2.45, 2.75) is 0 Å². The molecule has 2 rings (SSSR count). The number of amides is 1. The van der Waals surface area contributed by atoms with E-state index in [2.05, 4.69) is 20.9 Å². The minimum Gasteiger partial charge on any atom is -0.858 e. The van der Waals surface area contributed by atoms with Crippen molar-refractivity contribution in [2.75, 3.05) is 0 Å². The van der Waals surface area contributed by atoms with Gasteiger partial charge in [0, 0.05) is 4.47 Å². The smallest absolute Gasteiger partial charge is 0.858 e. The summed E-state index contributed by atoms with van der Waals surface area (Å²) in [6, 6.07) is 15.4. The molecule has 1 amide bonds. The van der Waals surface area contributed by atoms with Gasteiger partial charge in [0.15, 0.2) is 0 Å². The first-order valence-electron chi connectivity index (χ1n) is 5.28. The number of carbonyl (C=O) groups is 1. The third kappa shape index (κ3) is 4.28. The molecule has 0 aliphatic heterocycles. The van der Waals surface area contributed by atoms with Crippen LogP contribution in [0, 0.1) is 0 Å². The molecule has 0 saturated carbocycles. The number of rotatable bonds is 2. The van der Waals surface area contributed by atoms with E-state index < -0.39 is 11.8 Å². The average Bonchev–Trinajstić information content (AvgIpc) is 2.40. The summed E-state index contributed by atoms with van der Waals surface area (Å²) in [6.45, 7) is 0. The Bertz CT molecular complexity index is 599. The van der Waals surface area contributed by atoms with Crippen LogP contribution in [0.4, 0.5) is 0 Å². The van der Waals surface area contributed by atoms with Crippen LogP contribution in [0.3, 0.4) is 0 Å². The predicted molar refractivity (Wildman–Crippen MR) is 71.5 cm³/mol. The largest absolute Gasteiger partial charge is 1.00 e. The van der Waals surface area contributed by atoms with Crippen LogP contribution in [-0.2, 0) is 0 Å². The molecule has 90 valence electrons. The minimum absolute atomic E-state index is 0. The van der Waals surface area contributed by atoms with Crippen molar-refractivity contribution < 1.29 is 39.5 Å². The maximum atomic E-state index is 11.8. The molecule has 0 heterocycles. The molecule has 0 N–H and O–H groups in total. The Hall–Kier alpha value is -0.940. The molecule has 0 radical (unpaired) electrons. The third-order valence-corrected chi connectivity index (χ3v) is 3.02. The van der Waals surface area contributed by atoms with Crippen LogP contribution in [0.2, 0.25) is 0 Å². The van der Waals surface area contributed by atoms with Crippen molar-refractivity contribution in [1.82, 2.24) is 0 Å². The van der Waals surface area contributed by atoms with Crippen molar-refractivity contribution in [1.29, 1.82) is 0 Å². The molecule has 2 aromatic rings. The summed E-state index contributed by atoms with van der Waals surface area (Å²) >= 11 is 3.25. The van der Waals surface area contributed by atoms with Gasteiger partial charge in [-0.05, 0) is 39.5 Å². The molecule has 0 unspecified atom stereocenters. The zero-order valence-corrected chi connectivity index (χ0v) is 13.9. The Morgan fingerprint density at radius 3 is 2.21 bits per heavy atom. The normalized spacial score (nSPS) is 10.7. The van der Waals surface area contributed by atoms with Crippen LogP contribution in [0.15, 0.2) is 64.1 Å². The van der Waals surface area contributed by atoms with E-state index in [4.69, 9.17) is 0 Å². The summed E-state index contributed by atoms with van der Waals surface area (Å²) in [6.07, 6.45) is 0. The zero-order valence-electron chi connectivity index (χ0n) is 10.3. The molecule has 0 aromatic heterocycles. The minimum atomic E-state index is -0.545. The summed E-state index contributed by atoms with van der Waals surface area (Å²) in [7, 11) is 0. The monoisotopic (exact) mass is 325 g/mol. The second-order valence-corrected chi connectivity index (χ2v) is 4.42. The summed E-state index contributed by atoms with van der Waals surface area (Å²) < 4.78 is 0.625. The molecule has 0 aliphatic carbocycles. The van der Waals surface area contributed by atoms with E-state index in [1.165, 1.54) is 0 Å². The average molecular weight is 326 g/mol. The van der Waals surface area contributed by atoms with Gasteiger partial charge in [-0.1, -0.05) is 42.5 Å². The van der Waals surface area contributed by atoms with E-state index in [9.17, 15) is 9.90 Å². The number of hydrogen-bond donors (Lipinski definition) is 0. The molecule has 0 saturated heterocycles. The van der Waals surface area contributed by atoms with Crippen LogP contribution in [0.1, 0.15) is 15.9 Å². The SMILES string of the molecule is O=C(N=C([O-])c1ccccc1)c1ccccc1Br.[Na+]. The first-order chi connectivity index (χ1) is 8.68. The summed E-state index contributed by atoms with van der Waals surface area (Å²) in [5, 5.41) is 11.7. The Kier molecular flexibility index (Phi) is 6.45. The standard InChI is InChI=1S/C14H10BrNO2.Na/c15-12-9-5-4-8-11(12)14(18)16-13(17)10-6-2-1-3-7-10;/h1-9H,(H,16,17,18);/q;+1/p-1. The van der Waals surface area contributed by atoms with Gasteiger partial charge in [0.1, 0.15) is 0 Å².